The molecule has 0 heterocycles. The average molecular weight is 243 g/mol. The van der Waals surface area contributed by atoms with E-state index < -0.39 is 0 Å². The van der Waals surface area contributed by atoms with Gasteiger partial charge in [-0.15, -0.1) is 0 Å². The molecule has 0 aromatic carbocycles. The maximum atomic E-state index is 5.94. The SMILES string of the molecule is CCNC1CCC(OCCC(C)(C)OC)CC1. The zero-order valence-electron chi connectivity index (χ0n) is 11.9. The fourth-order valence-electron chi connectivity index (χ4n) is 2.30. The molecule has 0 atom stereocenters. The van der Waals surface area contributed by atoms with Crippen molar-refractivity contribution >= 4 is 0 Å². The Kier molecular flexibility index (Phi) is 6.45. The molecule has 0 aromatic heterocycles. The van der Waals surface area contributed by atoms with E-state index in [1.807, 2.05) is 0 Å². The topological polar surface area (TPSA) is 30.5 Å². The van der Waals surface area contributed by atoms with Crippen LogP contribution in [0.1, 0.15) is 52.9 Å². The third kappa shape index (κ3) is 5.84. The highest BCUT2D eigenvalue weighted by atomic mass is 16.5. The van der Waals surface area contributed by atoms with Gasteiger partial charge in [0, 0.05) is 19.8 Å². The van der Waals surface area contributed by atoms with E-state index in [4.69, 9.17) is 9.47 Å². The van der Waals surface area contributed by atoms with E-state index >= 15 is 0 Å². The van der Waals surface area contributed by atoms with E-state index in [1.165, 1.54) is 25.7 Å². The van der Waals surface area contributed by atoms with Crippen LogP contribution in [0, 0.1) is 0 Å². The lowest BCUT2D eigenvalue weighted by atomic mass is 9.93. The van der Waals surface area contributed by atoms with Crippen LogP contribution < -0.4 is 5.32 Å². The number of hydrogen-bond acceptors (Lipinski definition) is 3. The monoisotopic (exact) mass is 243 g/mol. The zero-order valence-corrected chi connectivity index (χ0v) is 11.9. The highest BCUT2D eigenvalue weighted by Crippen LogP contribution is 2.22. The standard InChI is InChI=1S/C14H29NO2/c1-5-15-12-6-8-13(9-7-12)17-11-10-14(2,3)16-4/h12-13,15H,5-11H2,1-4H3. The molecule has 0 radical (unpaired) electrons. The van der Waals surface area contributed by atoms with Gasteiger partial charge in [-0.2, -0.15) is 0 Å². The van der Waals surface area contributed by atoms with Crippen LogP contribution >= 0.6 is 0 Å². The van der Waals surface area contributed by atoms with E-state index in [1.54, 1.807) is 7.11 Å². The van der Waals surface area contributed by atoms with Gasteiger partial charge >= 0.3 is 0 Å². The average Bonchev–Trinajstić information content (AvgIpc) is 2.32. The van der Waals surface area contributed by atoms with Crippen molar-refractivity contribution < 1.29 is 9.47 Å². The molecule has 1 saturated carbocycles. The first-order chi connectivity index (χ1) is 8.07. The van der Waals surface area contributed by atoms with Crippen LogP contribution in [-0.4, -0.2) is 38.0 Å². The molecule has 1 aliphatic rings. The molecule has 102 valence electrons. The summed E-state index contributed by atoms with van der Waals surface area (Å²) in [5.74, 6) is 0. The van der Waals surface area contributed by atoms with Crippen molar-refractivity contribution in [3.8, 4) is 0 Å². The Morgan fingerprint density at radius 3 is 2.35 bits per heavy atom. The minimum absolute atomic E-state index is 0.0546. The van der Waals surface area contributed by atoms with E-state index in [0.29, 0.717) is 6.10 Å². The Balaban J connectivity index is 2.10. The van der Waals surface area contributed by atoms with Gasteiger partial charge in [-0.25, -0.2) is 0 Å². The van der Waals surface area contributed by atoms with Gasteiger partial charge in [0.15, 0.2) is 0 Å². The van der Waals surface area contributed by atoms with Crippen LogP contribution in [-0.2, 0) is 9.47 Å². The third-order valence-corrected chi connectivity index (χ3v) is 3.78. The fraction of sp³-hybridized carbons (Fsp3) is 1.00. The molecule has 0 saturated heterocycles. The lowest BCUT2D eigenvalue weighted by molar-refractivity contribution is -0.0357. The maximum absolute atomic E-state index is 5.94. The second-order valence-electron chi connectivity index (χ2n) is 5.62. The molecule has 1 aliphatic carbocycles. The molecular formula is C14H29NO2. The summed E-state index contributed by atoms with van der Waals surface area (Å²) in [5.41, 5.74) is -0.0546. The summed E-state index contributed by atoms with van der Waals surface area (Å²) >= 11 is 0. The van der Waals surface area contributed by atoms with Gasteiger partial charge in [0.1, 0.15) is 0 Å². The molecule has 0 spiro atoms. The molecule has 0 aromatic rings. The van der Waals surface area contributed by atoms with Gasteiger partial charge in [-0.1, -0.05) is 6.92 Å². The summed E-state index contributed by atoms with van der Waals surface area (Å²) in [6, 6.07) is 0.718. The van der Waals surface area contributed by atoms with Gasteiger partial charge in [-0.05, 0) is 52.5 Å². The zero-order chi connectivity index (χ0) is 12.7. The minimum Gasteiger partial charge on any atom is -0.379 e. The van der Waals surface area contributed by atoms with Crippen molar-refractivity contribution in [3.63, 3.8) is 0 Å². The lowest BCUT2D eigenvalue weighted by Gasteiger charge is -2.30. The van der Waals surface area contributed by atoms with E-state index in [9.17, 15) is 0 Å². The fourth-order valence-corrected chi connectivity index (χ4v) is 2.30. The largest absolute Gasteiger partial charge is 0.379 e. The normalized spacial score (nSPS) is 26.1. The maximum Gasteiger partial charge on any atom is 0.0644 e. The number of ether oxygens (including phenoxy) is 2. The first kappa shape index (κ1) is 14.9. The van der Waals surface area contributed by atoms with E-state index in [0.717, 1.165) is 25.6 Å². The van der Waals surface area contributed by atoms with Crippen molar-refractivity contribution in [1.29, 1.82) is 0 Å². The first-order valence-electron chi connectivity index (χ1n) is 6.97. The predicted molar refractivity (Wildman–Crippen MR) is 71.4 cm³/mol. The second kappa shape index (κ2) is 7.34. The van der Waals surface area contributed by atoms with Crippen molar-refractivity contribution in [2.24, 2.45) is 0 Å². The van der Waals surface area contributed by atoms with Crippen molar-refractivity contribution in [3.05, 3.63) is 0 Å². The Hall–Kier alpha value is -0.120. The van der Waals surface area contributed by atoms with Crippen LogP contribution in [0.3, 0.4) is 0 Å². The Morgan fingerprint density at radius 1 is 1.18 bits per heavy atom. The second-order valence-corrected chi connectivity index (χ2v) is 5.62. The van der Waals surface area contributed by atoms with Crippen LogP contribution in [0.5, 0.6) is 0 Å². The van der Waals surface area contributed by atoms with Crippen molar-refractivity contribution in [2.45, 2.75) is 70.6 Å². The Morgan fingerprint density at radius 2 is 1.82 bits per heavy atom. The van der Waals surface area contributed by atoms with Crippen LogP contribution in [0.25, 0.3) is 0 Å². The van der Waals surface area contributed by atoms with Gasteiger partial charge < -0.3 is 14.8 Å². The number of hydrogen-bond donors (Lipinski definition) is 1. The van der Waals surface area contributed by atoms with E-state index in [-0.39, 0.29) is 5.60 Å². The summed E-state index contributed by atoms with van der Waals surface area (Å²) in [6.07, 6.45) is 6.35. The van der Waals surface area contributed by atoms with Gasteiger partial charge in [0.25, 0.3) is 0 Å². The first-order valence-corrected chi connectivity index (χ1v) is 6.97. The number of methoxy groups -OCH3 is 1. The molecule has 0 bridgehead atoms. The summed E-state index contributed by atoms with van der Waals surface area (Å²) < 4.78 is 11.3. The molecule has 0 amide bonds. The lowest BCUT2D eigenvalue weighted by Crippen LogP contribution is -2.35. The quantitative estimate of drug-likeness (QED) is 0.746. The molecule has 1 N–H and O–H groups in total. The van der Waals surface area contributed by atoms with Crippen molar-refractivity contribution in [2.75, 3.05) is 20.3 Å². The molecule has 3 heteroatoms. The van der Waals surface area contributed by atoms with Crippen LogP contribution in [0.2, 0.25) is 0 Å². The van der Waals surface area contributed by atoms with Crippen LogP contribution in [0.4, 0.5) is 0 Å². The summed E-state index contributed by atoms with van der Waals surface area (Å²) in [4.78, 5) is 0. The van der Waals surface area contributed by atoms with Crippen molar-refractivity contribution in [1.82, 2.24) is 5.32 Å². The Bertz CT molecular complexity index is 198. The number of nitrogens with one attached hydrogen (secondary N) is 1. The molecule has 1 rings (SSSR count). The molecule has 0 unspecified atom stereocenters. The van der Waals surface area contributed by atoms with Gasteiger partial charge in [0.2, 0.25) is 0 Å². The van der Waals surface area contributed by atoms with Crippen LogP contribution in [0.15, 0.2) is 0 Å². The smallest absolute Gasteiger partial charge is 0.0644 e. The molecule has 17 heavy (non-hydrogen) atoms. The molecule has 3 nitrogen and oxygen atoms in total. The minimum atomic E-state index is -0.0546. The third-order valence-electron chi connectivity index (χ3n) is 3.78. The highest BCUT2D eigenvalue weighted by Gasteiger charge is 2.22. The molecular weight excluding hydrogens is 214 g/mol. The highest BCUT2D eigenvalue weighted by molar-refractivity contribution is 4.77. The predicted octanol–water partition coefficient (Wildman–Crippen LogP) is 2.74. The van der Waals surface area contributed by atoms with E-state index in [2.05, 4.69) is 26.1 Å². The van der Waals surface area contributed by atoms with Gasteiger partial charge in [0.05, 0.1) is 11.7 Å². The summed E-state index contributed by atoms with van der Waals surface area (Å²) in [7, 11) is 1.77. The number of rotatable bonds is 7. The van der Waals surface area contributed by atoms with Gasteiger partial charge in [-0.3, -0.25) is 0 Å². The Labute approximate surface area is 106 Å². The molecule has 1 fully saturated rings. The summed E-state index contributed by atoms with van der Waals surface area (Å²) in [6.45, 7) is 8.29. The summed E-state index contributed by atoms with van der Waals surface area (Å²) in [5, 5.41) is 3.52. The molecule has 0 aliphatic heterocycles.